The molecule has 0 aliphatic carbocycles. The number of halogens is 1. The first-order valence-electron chi connectivity index (χ1n) is 4.50. The summed E-state index contributed by atoms with van der Waals surface area (Å²) >= 11 is 0. The lowest BCUT2D eigenvalue weighted by Crippen LogP contribution is -2.39. The lowest BCUT2D eigenvalue weighted by Gasteiger charge is -2.25. The third-order valence-corrected chi connectivity index (χ3v) is 1.94. The summed E-state index contributed by atoms with van der Waals surface area (Å²) in [6, 6.07) is 0. The molecule has 0 atom stereocenters. The third kappa shape index (κ3) is 6.29. The van der Waals surface area contributed by atoms with Gasteiger partial charge in [0.05, 0.1) is 20.6 Å². The van der Waals surface area contributed by atoms with Crippen molar-refractivity contribution in [3.8, 4) is 0 Å². The lowest BCUT2D eigenvalue weighted by molar-refractivity contribution is -0.902. The molecular weight excluding hydrogens is 141 g/mol. The Bertz CT molecular complexity index is 91.6. The van der Waals surface area contributed by atoms with Crippen molar-refractivity contribution in [3.63, 3.8) is 0 Å². The number of nitrogens with zero attached hydrogens (tertiary/aromatic N) is 1. The molecule has 0 radical (unpaired) electrons. The fourth-order valence-electron chi connectivity index (χ4n) is 1.03. The molecule has 0 rings (SSSR count). The van der Waals surface area contributed by atoms with Crippen LogP contribution in [0.5, 0.6) is 0 Å². The van der Waals surface area contributed by atoms with E-state index in [4.69, 9.17) is 0 Å². The van der Waals surface area contributed by atoms with Crippen molar-refractivity contribution in [1.82, 2.24) is 0 Å². The fourth-order valence-corrected chi connectivity index (χ4v) is 1.03. The van der Waals surface area contributed by atoms with Gasteiger partial charge >= 0.3 is 0 Å². The third-order valence-electron chi connectivity index (χ3n) is 1.94. The summed E-state index contributed by atoms with van der Waals surface area (Å²) in [7, 11) is 3.87. The van der Waals surface area contributed by atoms with E-state index in [-0.39, 0.29) is 6.80 Å². The van der Waals surface area contributed by atoms with Gasteiger partial charge < -0.3 is 4.48 Å². The van der Waals surface area contributed by atoms with E-state index in [0.717, 1.165) is 13.0 Å². The van der Waals surface area contributed by atoms with Gasteiger partial charge in [-0.05, 0) is 12.8 Å². The second-order valence-corrected chi connectivity index (χ2v) is 3.84. The molecule has 0 aromatic carbocycles. The fraction of sp³-hybridized carbons (Fsp3) is 1.00. The monoisotopic (exact) mass is 162 g/mol. The normalized spacial score (nSPS) is 12.0. The van der Waals surface area contributed by atoms with Crippen LogP contribution in [0.1, 0.15) is 32.6 Å². The molecule has 0 amide bonds. The van der Waals surface area contributed by atoms with E-state index in [9.17, 15) is 4.39 Å². The summed E-state index contributed by atoms with van der Waals surface area (Å²) in [5.74, 6) is 0. The number of alkyl halides is 1. The van der Waals surface area contributed by atoms with Crippen LogP contribution >= 0.6 is 0 Å². The number of rotatable bonds is 6. The van der Waals surface area contributed by atoms with Gasteiger partial charge in [-0.15, -0.1) is 0 Å². The van der Waals surface area contributed by atoms with Crippen molar-refractivity contribution in [3.05, 3.63) is 0 Å². The highest BCUT2D eigenvalue weighted by atomic mass is 19.1. The molecule has 0 saturated carbocycles. The first kappa shape index (κ1) is 10.9. The minimum Gasteiger partial charge on any atom is -0.302 e. The van der Waals surface area contributed by atoms with Gasteiger partial charge in [0.25, 0.3) is 0 Å². The molecule has 0 aromatic heterocycles. The van der Waals surface area contributed by atoms with E-state index in [1.165, 1.54) is 19.3 Å². The Morgan fingerprint density at radius 3 is 2.18 bits per heavy atom. The first-order chi connectivity index (χ1) is 5.12. The summed E-state index contributed by atoms with van der Waals surface area (Å²) < 4.78 is 12.8. The maximum absolute atomic E-state index is 12.3. The van der Waals surface area contributed by atoms with Gasteiger partial charge in [0, 0.05) is 0 Å². The zero-order valence-corrected chi connectivity index (χ0v) is 8.07. The van der Waals surface area contributed by atoms with E-state index in [0.29, 0.717) is 4.48 Å². The molecular formula is C9H21FN+. The lowest BCUT2D eigenvalue weighted by atomic mass is 10.2. The summed E-state index contributed by atoms with van der Waals surface area (Å²) in [5.41, 5.74) is 0. The topological polar surface area (TPSA) is 0 Å². The Hall–Kier alpha value is -0.110. The molecule has 0 fully saturated rings. The highest BCUT2D eigenvalue weighted by Gasteiger charge is 2.12. The highest BCUT2D eigenvalue weighted by Crippen LogP contribution is 2.04. The van der Waals surface area contributed by atoms with Crippen LogP contribution in [0.2, 0.25) is 0 Å². The maximum atomic E-state index is 12.3. The summed E-state index contributed by atoms with van der Waals surface area (Å²) in [4.78, 5) is 0. The summed E-state index contributed by atoms with van der Waals surface area (Å²) in [6.07, 6.45) is 4.94. The Balaban J connectivity index is 3.23. The van der Waals surface area contributed by atoms with E-state index < -0.39 is 0 Å². The average Bonchev–Trinajstić information content (AvgIpc) is 1.99. The molecule has 0 unspecified atom stereocenters. The first-order valence-corrected chi connectivity index (χ1v) is 4.50. The SMILES string of the molecule is CCCCCC[N+](C)(C)CF. The van der Waals surface area contributed by atoms with Crippen molar-refractivity contribution in [1.29, 1.82) is 0 Å². The number of hydrogen-bond acceptors (Lipinski definition) is 0. The van der Waals surface area contributed by atoms with Gasteiger partial charge in [-0.2, -0.15) is 4.39 Å². The quantitative estimate of drug-likeness (QED) is 0.320. The van der Waals surface area contributed by atoms with Crippen molar-refractivity contribution in [2.24, 2.45) is 0 Å². The molecule has 0 aromatic rings. The predicted molar refractivity (Wildman–Crippen MR) is 47.1 cm³/mol. The van der Waals surface area contributed by atoms with Gasteiger partial charge in [0.2, 0.25) is 6.80 Å². The van der Waals surface area contributed by atoms with E-state index in [1.54, 1.807) is 0 Å². The Labute approximate surface area is 69.8 Å². The van der Waals surface area contributed by atoms with Crippen molar-refractivity contribution < 1.29 is 8.87 Å². The maximum Gasteiger partial charge on any atom is 0.221 e. The smallest absolute Gasteiger partial charge is 0.221 e. The molecule has 0 N–H and O–H groups in total. The summed E-state index contributed by atoms with van der Waals surface area (Å²) in [6.45, 7) is 2.91. The van der Waals surface area contributed by atoms with Crippen LogP contribution in [0.25, 0.3) is 0 Å². The molecule has 0 aliphatic rings. The summed E-state index contributed by atoms with van der Waals surface area (Å²) in [5, 5.41) is 0. The number of unbranched alkanes of at least 4 members (excludes halogenated alkanes) is 3. The van der Waals surface area contributed by atoms with E-state index >= 15 is 0 Å². The number of hydrogen-bond donors (Lipinski definition) is 0. The molecule has 11 heavy (non-hydrogen) atoms. The van der Waals surface area contributed by atoms with Gasteiger partial charge in [-0.25, -0.2) is 0 Å². The highest BCUT2D eigenvalue weighted by molar-refractivity contribution is 4.38. The minimum atomic E-state index is -0.244. The molecule has 0 saturated heterocycles. The van der Waals surface area contributed by atoms with Crippen molar-refractivity contribution in [2.45, 2.75) is 32.6 Å². The van der Waals surface area contributed by atoms with Crippen LogP contribution in [0.4, 0.5) is 4.39 Å². The molecule has 2 heteroatoms. The van der Waals surface area contributed by atoms with Crippen LogP contribution in [0.3, 0.4) is 0 Å². The second kappa shape index (κ2) is 5.53. The van der Waals surface area contributed by atoms with E-state index in [2.05, 4.69) is 6.92 Å². The van der Waals surface area contributed by atoms with Gasteiger partial charge in [0.15, 0.2) is 0 Å². The zero-order valence-electron chi connectivity index (χ0n) is 8.07. The van der Waals surface area contributed by atoms with Gasteiger partial charge in [-0.3, -0.25) is 0 Å². The average molecular weight is 162 g/mol. The largest absolute Gasteiger partial charge is 0.302 e. The zero-order chi connectivity index (χ0) is 8.74. The van der Waals surface area contributed by atoms with Crippen LogP contribution < -0.4 is 0 Å². The Morgan fingerprint density at radius 1 is 1.09 bits per heavy atom. The molecule has 0 heterocycles. The number of quaternary nitrogens is 1. The van der Waals surface area contributed by atoms with Gasteiger partial charge in [-0.1, -0.05) is 19.8 Å². The van der Waals surface area contributed by atoms with Gasteiger partial charge in [0.1, 0.15) is 0 Å². The second-order valence-electron chi connectivity index (χ2n) is 3.84. The van der Waals surface area contributed by atoms with Crippen molar-refractivity contribution in [2.75, 3.05) is 27.4 Å². The molecule has 0 bridgehead atoms. The minimum absolute atomic E-state index is 0.244. The molecule has 1 nitrogen and oxygen atoms in total. The van der Waals surface area contributed by atoms with Crippen LogP contribution in [-0.4, -0.2) is 31.9 Å². The Morgan fingerprint density at radius 2 is 1.73 bits per heavy atom. The van der Waals surface area contributed by atoms with E-state index in [1.807, 2.05) is 14.1 Å². The van der Waals surface area contributed by atoms with Crippen LogP contribution in [0, 0.1) is 0 Å². The van der Waals surface area contributed by atoms with Crippen LogP contribution in [0.15, 0.2) is 0 Å². The molecule has 0 aliphatic heterocycles. The Kier molecular flexibility index (Phi) is 5.47. The standard InChI is InChI=1S/C9H21FN/c1-4-5-6-7-8-11(2,3)9-10/h4-9H2,1-3H3/q+1. The molecule has 68 valence electrons. The van der Waals surface area contributed by atoms with Crippen LogP contribution in [-0.2, 0) is 0 Å². The predicted octanol–water partition coefficient (Wildman–Crippen LogP) is 2.57. The molecule has 0 spiro atoms. The van der Waals surface area contributed by atoms with Crippen molar-refractivity contribution >= 4 is 0 Å².